The number of phenolic OH excluding ortho intramolecular Hbond substituents is 1. The maximum atomic E-state index is 12.0. The third-order valence-electron chi connectivity index (χ3n) is 3.70. The Labute approximate surface area is 144 Å². The van der Waals surface area contributed by atoms with E-state index in [0.717, 1.165) is 6.07 Å². The molecule has 0 aliphatic heterocycles. The molecule has 2 aromatic rings. The zero-order valence-corrected chi connectivity index (χ0v) is 13.3. The van der Waals surface area contributed by atoms with Crippen LogP contribution in [0.15, 0.2) is 16.9 Å². The molecule has 0 saturated carbocycles. The number of aromatic carboxylic acids is 2. The van der Waals surface area contributed by atoms with Gasteiger partial charge in [-0.15, -0.1) is 0 Å². The molecule has 11 heteroatoms. The van der Waals surface area contributed by atoms with E-state index < -0.39 is 61.9 Å². The number of aromatic nitrogens is 1. The molecule has 0 atom stereocenters. The normalized spacial score (nSPS) is 10.5. The number of nitro benzene ring substituents is 1. The van der Waals surface area contributed by atoms with Crippen molar-refractivity contribution in [2.24, 2.45) is 0 Å². The van der Waals surface area contributed by atoms with Crippen LogP contribution in [0.1, 0.15) is 33.2 Å². The molecule has 26 heavy (non-hydrogen) atoms. The fourth-order valence-corrected chi connectivity index (χ4v) is 2.53. The van der Waals surface area contributed by atoms with E-state index in [1.807, 2.05) is 4.98 Å². The van der Waals surface area contributed by atoms with Gasteiger partial charge >= 0.3 is 17.6 Å². The maximum absolute atomic E-state index is 12.0. The van der Waals surface area contributed by atoms with Crippen molar-refractivity contribution >= 4 is 23.4 Å². The Balaban J connectivity index is 3.12. The number of nitrogens with one attached hydrogen (secondary N) is 1. The van der Waals surface area contributed by atoms with Gasteiger partial charge in [0.2, 0.25) is 5.75 Å². The lowest BCUT2D eigenvalue weighted by atomic mass is 9.92. The van der Waals surface area contributed by atoms with E-state index >= 15 is 0 Å². The fourth-order valence-electron chi connectivity index (χ4n) is 2.53. The third-order valence-corrected chi connectivity index (χ3v) is 3.70. The van der Waals surface area contributed by atoms with Gasteiger partial charge < -0.3 is 26.0 Å². The minimum atomic E-state index is -1.78. The van der Waals surface area contributed by atoms with Gasteiger partial charge in [-0.05, 0) is 18.1 Å². The molecule has 1 aromatic heterocycles. The van der Waals surface area contributed by atoms with Crippen LogP contribution in [0.2, 0.25) is 0 Å². The number of carbonyl (C=O) groups is 2. The highest BCUT2D eigenvalue weighted by atomic mass is 16.6. The molecule has 6 N–H and O–H groups in total. The lowest BCUT2D eigenvalue weighted by Crippen LogP contribution is -2.24. The first-order valence-corrected chi connectivity index (χ1v) is 7.13. The molecule has 11 nitrogen and oxygen atoms in total. The van der Waals surface area contributed by atoms with Crippen molar-refractivity contribution in [3.63, 3.8) is 0 Å². The molecule has 2 rings (SSSR count). The second-order valence-corrected chi connectivity index (χ2v) is 5.22. The topological polar surface area (TPSA) is 197 Å². The van der Waals surface area contributed by atoms with E-state index in [4.69, 9.17) is 5.73 Å². The minimum absolute atomic E-state index is 0.262. The zero-order chi connectivity index (χ0) is 19.8. The van der Waals surface area contributed by atoms with E-state index in [0.29, 0.717) is 5.56 Å². The molecule has 1 aromatic carbocycles. The lowest BCUT2D eigenvalue weighted by Gasteiger charge is -2.14. The molecule has 0 aliphatic rings. The number of aromatic amines is 1. The zero-order valence-electron chi connectivity index (χ0n) is 13.3. The number of hydrogen-bond donors (Lipinski definition) is 5. The summed E-state index contributed by atoms with van der Waals surface area (Å²) >= 11 is 0. The number of rotatable bonds is 5. The highest BCUT2D eigenvalue weighted by molar-refractivity contribution is 6.08. The summed E-state index contributed by atoms with van der Waals surface area (Å²) in [5, 5.41) is 40.1. The summed E-state index contributed by atoms with van der Waals surface area (Å²) < 4.78 is 0. The molecule has 0 bridgehead atoms. The first-order valence-electron chi connectivity index (χ1n) is 7.13. The summed E-state index contributed by atoms with van der Waals surface area (Å²) in [6.45, 7) is 1.64. The number of carboxylic acid groups (broad SMARTS) is 2. The molecular formula is C15H13N3O8. The summed E-state index contributed by atoms with van der Waals surface area (Å²) in [5.41, 5.74) is 0.865. The van der Waals surface area contributed by atoms with E-state index in [2.05, 4.69) is 0 Å². The van der Waals surface area contributed by atoms with E-state index in [1.165, 1.54) is 6.07 Å². The van der Waals surface area contributed by atoms with Crippen LogP contribution in [0.5, 0.6) is 5.75 Å². The van der Waals surface area contributed by atoms with Gasteiger partial charge in [-0.2, -0.15) is 0 Å². The van der Waals surface area contributed by atoms with Crippen LogP contribution >= 0.6 is 0 Å². The van der Waals surface area contributed by atoms with Crippen molar-refractivity contribution in [2.45, 2.75) is 13.3 Å². The SMILES string of the molecule is CCc1cc(-c2c(C(=O)O)c(N)[nH]c(=O)c2C(=O)O)c(O)c([N+](=O)[O-])c1. The Morgan fingerprint density at radius 1 is 1.23 bits per heavy atom. The van der Waals surface area contributed by atoms with Crippen LogP contribution in [0, 0.1) is 10.1 Å². The molecule has 0 saturated heterocycles. The number of anilines is 1. The number of hydrogen-bond acceptors (Lipinski definition) is 7. The van der Waals surface area contributed by atoms with Crippen LogP contribution in [-0.2, 0) is 6.42 Å². The van der Waals surface area contributed by atoms with E-state index in [9.17, 15) is 39.8 Å². The molecule has 0 amide bonds. The number of H-pyrrole nitrogens is 1. The fraction of sp³-hybridized carbons (Fsp3) is 0.133. The molecule has 0 radical (unpaired) electrons. The largest absolute Gasteiger partial charge is 0.502 e. The average Bonchev–Trinajstić information content (AvgIpc) is 2.53. The average molecular weight is 363 g/mol. The summed E-state index contributed by atoms with van der Waals surface area (Å²) in [4.78, 5) is 47.3. The highest BCUT2D eigenvalue weighted by Crippen LogP contribution is 2.41. The van der Waals surface area contributed by atoms with Crippen molar-refractivity contribution in [3.05, 3.63) is 49.3 Å². The number of nitrogens with zero attached hydrogens (tertiary/aromatic N) is 1. The number of benzene rings is 1. The third kappa shape index (κ3) is 2.92. The monoisotopic (exact) mass is 363 g/mol. The number of aromatic hydroxyl groups is 1. The van der Waals surface area contributed by atoms with Gasteiger partial charge in [-0.25, -0.2) is 9.59 Å². The summed E-state index contributed by atoms with van der Waals surface area (Å²) in [6.07, 6.45) is 0.262. The molecule has 0 aliphatic carbocycles. The smallest absolute Gasteiger partial charge is 0.342 e. The van der Waals surface area contributed by atoms with Crippen molar-refractivity contribution in [1.29, 1.82) is 0 Å². The van der Waals surface area contributed by atoms with Crippen LogP contribution in [0.3, 0.4) is 0 Å². The molecule has 0 unspecified atom stereocenters. The maximum Gasteiger partial charge on any atom is 0.342 e. The van der Waals surface area contributed by atoms with Gasteiger partial charge in [0.05, 0.1) is 4.92 Å². The van der Waals surface area contributed by atoms with Crippen LogP contribution < -0.4 is 11.3 Å². The van der Waals surface area contributed by atoms with Crippen molar-refractivity contribution in [3.8, 4) is 16.9 Å². The molecule has 1 heterocycles. The number of pyridine rings is 1. The summed E-state index contributed by atoms with van der Waals surface area (Å²) in [7, 11) is 0. The quantitative estimate of drug-likeness (QED) is 0.382. The van der Waals surface area contributed by atoms with Gasteiger partial charge in [0, 0.05) is 17.2 Å². The number of aryl methyl sites for hydroxylation is 1. The van der Waals surface area contributed by atoms with Gasteiger partial charge in [-0.3, -0.25) is 14.9 Å². The van der Waals surface area contributed by atoms with Crippen LogP contribution in [0.4, 0.5) is 11.5 Å². The number of nitrogen functional groups attached to an aromatic ring is 1. The lowest BCUT2D eigenvalue weighted by molar-refractivity contribution is -0.385. The number of phenols is 1. The summed E-state index contributed by atoms with van der Waals surface area (Å²) in [5.74, 6) is -5.08. The minimum Gasteiger partial charge on any atom is -0.502 e. The predicted octanol–water partition coefficient (Wildman–Crippen LogP) is 1.20. The highest BCUT2D eigenvalue weighted by Gasteiger charge is 2.31. The van der Waals surface area contributed by atoms with Crippen LogP contribution in [0.25, 0.3) is 11.1 Å². The summed E-state index contributed by atoms with van der Waals surface area (Å²) in [6, 6.07) is 2.24. The molecule has 0 fully saturated rings. The standard InChI is InChI=1S/C15H13N3O8/c1-2-5-3-6(11(19)7(4-5)18(25)26)8-9(14(21)22)12(16)17-13(20)10(8)15(23)24/h3-4,19H,2H2,1H3,(H,21,22)(H,23,24)(H3,16,17,20). The number of carboxylic acids is 2. The Morgan fingerprint density at radius 3 is 2.27 bits per heavy atom. The van der Waals surface area contributed by atoms with Crippen molar-refractivity contribution < 1.29 is 29.8 Å². The van der Waals surface area contributed by atoms with Gasteiger partial charge in [-0.1, -0.05) is 6.92 Å². The van der Waals surface area contributed by atoms with Gasteiger partial charge in [0.25, 0.3) is 5.56 Å². The van der Waals surface area contributed by atoms with E-state index in [1.54, 1.807) is 6.92 Å². The number of nitrogens with two attached hydrogens (primary N) is 1. The molecule has 0 spiro atoms. The first-order chi connectivity index (χ1) is 12.1. The Hall–Kier alpha value is -3.89. The van der Waals surface area contributed by atoms with E-state index in [-0.39, 0.29) is 6.42 Å². The predicted molar refractivity (Wildman–Crippen MR) is 88.5 cm³/mol. The second kappa shape index (κ2) is 6.55. The first kappa shape index (κ1) is 18.4. The molecular weight excluding hydrogens is 350 g/mol. The van der Waals surface area contributed by atoms with Crippen molar-refractivity contribution in [2.75, 3.05) is 5.73 Å². The van der Waals surface area contributed by atoms with Gasteiger partial charge in [0.1, 0.15) is 16.9 Å². The Bertz CT molecular complexity index is 1010. The van der Waals surface area contributed by atoms with Crippen LogP contribution in [-0.4, -0.2) is 37.2 Å². The number of nitro groups is 1. The van der Waals surface area contributed by atoms with Gasteiger partial charge in [0.15, 0.2) is 0 Å². The second-order valence-electron chi connectivity index (χ2n) is 5.22. The molecule has 136 valence electrons. The van der Waals surface area contributed by atoms with Crippen molar-refractivity contribution in [1.82, 2.24) is 4.98 Å². The Morgan fingerprint density at radius 2 is 1.81 bits per heavy atom. The Kier molecular flexibility index (Phi) is 4.65.